The molecule has 0 atom stereocenters. The average molecular weight is 323 g/mol. The fourth-order valence-corrected chi connectivity index (χ4v) is 2.65. The Balaban J connectivity index is 2.33. The third kappa shape index (κ3) is 5.37. The first kappa shape index (κ1) is 17.5. The summed E-state index contributed by atoms with van der Waals surface area (Å²) in [7, 11) is 0. The molecule has 0 radical (unpaired) electrons. The molecule has 0 amide bonds. The van der Waals surface area contributed by atoms with Crippen LogP contribution in [-0.2, 0) is 0 Å². The third-order valence-electron chi connectivity index (χ3n) is 3.67. The van der Waals surface area contributed by atoms with Gasteiger partial charge in [-0.25, -0.2) is 0 Å². The first-order valence-electron chi connectivity index (χ1n) is 7.53. The van der Waals surface area contributed by atoms with Crippen molar-refractivity contribution in [2.75, 3.05) is 19.7 Å². The van der Waals surface area contributed by atoms with Crippen LogP contribution in [0, 0.1) is 0 Å². The van der Waals surface area contributed by atoms with Crippen molar-refractivity contribution >= 4 is 0 Å². The molecule has 0 spiro atoms. The summed E-state index contributed by atoms with van der Waals surface area (Å²) in [5.41, 5.74) is 1.82. The van der Waals surface area contributed by atoms with Crippen LogP contribution in [0.3, 0.4) is 0 Å². The van der Waals surface area contributed by atoms with Crippen molar-refractivity contribution < 1.29 is 18.3 Å². The number of aliphatic hydroxyl groups excluding tert-OH is 1. The van der Waals surface area contributed by atoms with Crippen LogP contribution in [0.4, 0.5) is 13.2 Å². The van der Waals surface area contributed by atoms with Gasteiger partial charge in [0.05, 0.1) is 19.1 Å². The van der Waals surface area contributed by atoms with Crippen molar-refractivity contribution in [2.45, 2.75) is 18.6 Å². The maximum Gasteiger partial charge on any atom is 0.390 e. The van der Waals surface area contributed by atoms with E-state index in [-0.39, 0.29) is 25.7 Å². The standard InChI is InChI=1S/C18H20F3NO/c19-18(20,21)11-12-22(13-14-23)17(15-7-3-1-4-8-15)16-9-5-2-6-10-16/h1-10,17,23H,11-14H2. The van der Waals surface area contributed by atoms with Crippen molar-refractivity contribution in [3.8, 4) is 0 Å². The Bertz CT molecular complexity index is 532. The van der Waals surface area contributed by atoms with Gasteiger partial charge in [-0.2, -0.15) is 13.2 Å². The third-order valence-corrected chi connectivity index (χ3v) is 3.67. The lowest BCUT2D eigenvalue weighted by molar-refractivity contribution is -0.139. The molecular weight excluding hydrogens is 303 g/mol. The molecule has 2 nitrogen and oxygen atoms in total. The van der Waals surface area contributed by atoms with Crippen molar-refractivity contribution in [3.05, 3.63) is 71.8 Å². The van der Waals surface area contributed by atoms with E-state index < -0.39 is 12.6 Å². The van der Waals surface area contributed by atoms with Gasteiger partial charge in [0.1, 0.15) is 0 Å². The van der Waals surface area contributed by atoms with E-state index in [0.29, 0.717) is 0 Å². The van der Waals surface area contributed by atoms with E-state index in [9.17, 15) is 18.3 Å². The molecule has 2 aromatic carbocycles. The Morgan fingerprint density at radius 2 is 1.30 bits per heavy atom. The van der Waals surface area contributed by atoms with Crippen LogP contribution in [-0.4, -0.2) is 35.9 Å². The number of rotatable bonds is 7. The van der Waals surface area contributed by atoms with Gasteiger partial charge in [-0.1, -0.05) is 60.7 Å². The van der Waals surface area contributed by atoms with Gasteiger partial charge < -0.3 is 5.11 Å². The van der Waals surface area contributed by atoms with Gasteiger partial charge in [0.15, 0.2) is 0 Å². The van der Waals surface area contributed by atoms with Crippen molar-refractivity contribution in [3.63, 3.8) is 0 Å². The minimum absolute atomic E-state index is 0.154. The van der Waals surface area contributed by atoms with Crippen molar-refractivity contribution in [1.29, 1.82) is 0 Å². The smallest absolute Gasteiger partial charge is 0.390 e. The summed E-state index contributed by atoms with van der Waals surface area (Å²) in [6, 6.07) is 18.5. The highest BCUT2D eigenvalue weighted by atomic mass is 19.4. The SMILES string of the molecule is OCCN(CCC(F)(F)F)C(c1ccccc1)c1ccccc1. The first-order valence-corrected chi connectivity index (χ1v) is 7.53. The summed E-state index contributed by atoms with van der Waals surface area (Å²) >= 11 is 0. The normalized spacial score (nSPS) is 12.1. The summed E-state index contributed by atoms with van der Waals surface area (Å²) in [6.45, 7) is -0.156. The Morgan fingerprint density at radius 1 is 0.826 bits per heavy atom. The van der Waals surface area contributed by atoms with Crippen molar-refractivity contribution in [1.82, 2.24) is 4.90 Å². The maximum atomic E-state index is 12.6. The fraction of sp³-hybridized carbons (Fsp3) is 0.333. The highest BCUT2D eigenvalue weighted by Gasteiger charge is 2.30. The Labute approximate surface area is 134 Å². The zero-order chi connectivity index (χ0) is 16.7. The van der Waals surface area contributed by atoms with E-state index in [1.54, 1.807) is 4.90 Å². The largest absolute Gasteiger partial charge is 0.395 e. The van der Waals surface area contributed by atoms with Gasteiger partial charge in [0, 0.05) is 13.1 Å². The number of nitrogens with zero attached hydrogens (tertiary/aromatic N) is 1. The summed E-state index contributed by atoms with van der Waals surface area (Å²) < 4.78 is 37.9. The summed E-state index contributed by atoms with van der Waals surface area (Å²) in [6.07, 6.45) is -5.12. The Hall–Kier alpha value is -1.85. The van der Waals surface area contributed by atoms with Gasteiger partial charge in [-0.15, -0.1) is 0 Å². The number of benzene rings is 2. The number of halogens is 3. The number of hydrogen-bond acceptors (Lipinski definition) is 2. The Kier molecular flexibility index (Phi) is 6.19. The van der Waals surface area contributed by atoms with E-state index in [1.165, 1.54) is 0 Å². The fourth-order valence-electron chi connectivity index (χ4n) is 2.65. The molecule has 0 aliphatic carbocycles. The van der Waals surface area contributed by atoms with Gasteiger partial charge in [-0.05, 0) is 11.1 Å². The maximum absolute atomic E-state index is 12.6. The van der Waals surface area contributed by atoms with Crippen LogP contribution < -0.4 is 0 Å². The Morgan fingerprint density at radius 3 is 1.70 bits per heavy atom. The molecule has 5 heteroatoms. The number of alkyl halides is 3. The molecule has 0 fully saturated rings. The van der Waals surface area contributed by atoms with E-state index in [4.69, 9.17) is 0 Å². The van der Waals surface area contributed by atoms with Crippen LogP contribution in [0.2, 0.25) is 0 Å². The van der Waals surface area contributed by atoms with Crippen LogP contribution in [0.25, 0.3) is 0 Å². The molecule has 0 saturated carbocycles. The predicted molar refractivity (Wildman–Crippen MR) is 84.1 cm³/mol. The van der Waals surface area contributed by atoms with Crippen LogP contribution in [0.5, 0.6) is 0 Å². The lowest BCUT2D eigenvalue weighted by atomic mass is 9.97. The van der Waals surface area contributed by atoms with Gasteiger partial charge >= 0.3 is 6.18 Å². The topological polar surface area (TPSA) is 23.5 Å². The molecule has 0 heterocycles. The molecule has 0 bridgehead atoms. The summed E-state index contributed by atoms with van der Waals surface area (Å²) in [4.78, 5) is 1.68. The second kappa shape index (κ2) is 8.13. The number of hydrogen-bond donors (Lipinski definition) is 1. The highest BCUT2D eigenvalue weighted by molar-refractivity contribution is 5.31. The molecule has 0 unspecified atom stereocenters. The monoisotopic (exact) mass is 323 g/mol. The molecule has 2 aromatic rings. The van der Waals surface area contributed by atoms with Gasteiger partial charge in [-0.3, -0.25) is 4.90 Å². The zero-order valence-electron chi connectivity index (χ0n) is 12.7. The van der Waals surface area contributed by atoms with E-state index in [0.717, 1.165) is 11.1 Å². The molecular formula is C18H20F3NO. The molecule has 1 N–H and O–H groups in total. The van der Waals surface area contributed by atoms with E-state index >= 15 is 0 Å². The second-order valence-electron chi connectivity index (χ2n) is 5.35. The van der Waals surface area contributed by atoms with Gasteiger partial charge in [0.25, 0.3) is 0 Å². The average Bonchev–Trinajstić information content (AvgIpc) is 2.54. The lowest BCUT2D eigenvalue weighted by Gasteiger charge is -2.32. The zero-order valence-corrected chi connectivity index (χ0v) is 12.7. The molecule has 0 aromatic heterocycles. The highest BCUT2D eigenvalue weighted by Crippen LogP contribution is 2.30. The molecule has 0 aliphatic heterocycles. The molecule has 0 aliphatic rings. The first-order chi connectivity index (χ1) is 11.0. The van der Waals surface area contributed by atoms with E-state index in [1.807, 2.05) is 60.7 Å². The van der Waals surface area contributed by atoms with Crippen molar-refractivity contribution in [2.24, 2.45) is 0 Å². The molecule has 2 rings (SSSR count). The second-order valence-corrected chi connectivity index (χ2v) is 5.35. The minimum atomic E-state index is -4.22. The predicted octanol–water partition coefficient (Wildman–Crippen LogP) is 4.02. The molecule has 124 valence electrons. The number of aliphatic hydroxyl groups is 1. The molecule has 23 heavy (non-hydrogen) atoms. The quantitative estimate of drug-likeness (QED) is 0.832. The molecule has 0 saturated heterocycles. The van der Waals surface area contributed by atoms with Crippen LogP contribution >= 0.6 is 0 Å². The van der Waals surface area contributed by atoms with Crippen LogP contribution in [0.15, 0.2) is 60.7 Å². The van der Waals surface area contributed by atoms with Crippen LogP contribution in [0.1, 0.15) is 23.6 Å². The van der Waals surface area contributed by atoms with Gasteiger partial charge in [0.2, 0.25) is 0 Å². The van der Waals surface area contributed by atoms with E-state index in [2.05, 4.69) is 0 Å². The lowest BCUT2D eigenvalue weighted by Crippen LogP contribution is -2.35. The summed E-state index contributed by atoms with van der Waals surface area (Å²) in [5.74, 6) is 0. The summed E-state index contributed by atoms with van der Waals surface area (Å²) in [5, 5.41) is 9.29. The minimum Gasteiger partial charge on any atom is -0.395 e.